The first-order chi connectivity index (χ1) is 12.0. The summed E-state index contributed by atoms with van der Waals surface area (Å²) in [6.45, 7) is 1.60. The van der Waals surface area contributed by atoms with Crippen molar-refractivity contribution in [2.75, 3.05) is 17.2 Å². The highest BCUT2D eigenvalue weighted by atomic mass is 16.3. The predicted octanol–water partition coefficient (Wildman–Crippen LogP) is 2.35. The third kappa shape index (κ3) is 3.97. The highest BCUT2D eigenvalue weighted by Gasteiger charge is 2.37. The van der Waals surface area contributed by atoms with E-state index in [2.05, 4.69) is 10.6 Å². The molecule has 0 spiro atoms. The van der Waals surface area contributed by atoms with Gasteiger partial charge in [-0.25, -0.2) is 0 Å². The van der Waals surface area contributed by atoms with Gasteiger partial charge in [0.05, 0.1) is 17.5 Å². The van der Waals surface area contributed by atoms with Crippen molar-refractivity contribution in [1.82, 2.24) is 4.90 Å². The fourth-order valence-electron chi connectivity index (χ4n) is 3.00. The van der Waals surface area contributed by atoms with Crippen LogP contribution < -0.4 is 10.6 Å². The van der Waals surface area contributed by atoms with Crippen LogP contribution in [-0.4, -0.2) is 40.5 Å². The molecule has 2 aromatic carbocycles. The Morgan fingerprint density at radius 2 is 1.68 bits per heavy atom. The number of carbonyl (C=O) groups is 2. The number of β-amino-alcohol motifs (C(OH)–C–C–N with tert-alkyl or cyclic N) is 1. The van der Waals surface area contributed by atoms with Crippen LogP contribution in [0.25, 0.3) is 0 Å². The summed E-state index contributed by atoms with van der Waals surface area (Å²) >= 11 is 0. The van der Waals surface area contributed by atoms with Gasteiger partial charge in [-0.3, -0.25) is 9.59 Å². The number of anilines is 3. The van der Waals surface area contributed by atoms with Crippen LogP contribution in [0.4, 0.5) is 17.1 Å². The van der Waals surface area contributed by atoms with Crippen LogP contribution >= 0.6 is 0 Å². The molecule has 2 aromatic rings. The lowest BCUT2D eigenvalue weighted by Gasteiger charge is -2.22. The molecule has 0 radical (unpaired) electrons. The number of rotatable bonds is 4. The van der Waals surface area contributed by atoms with Gasteiger partial charge in [0, 0.05) is 25.6 Å². The molecule has 0 aliphatic carbocycles. The van der Waals surface area contributed by atoms with Crippen molar-refractivity contribution < 1.29 is 14.7 Å². The quantitative estimate of drug-likeness (QED) is 0.799. The lowest BCUT2D eigenvalue weighted by molar-refractivity contribution is -0.134. The summed E-state index contributed by atoms with van der Waals surface area (Å²) < 4.78 is 0. The minimum absolute atomic E-state index is 0.192. The summed E-state index contributed by atoms with van der Waals surface area (Å²) in [4.78, 5) is 25.7. The summed E-state index contributed by atoms with van der Waals surface area (Å²) in [6, 6.07) is 16.4. The number of nitrogens with one attached hydrogen (secondary N) is 2. The highest BCUT2D eigenvalue weighted by Crippen LogP contribution is 2.27. The van der Waals surface area contributed by atoms with Gasteiger partial charge in [0.1, 0.15) is 6.04 Å². The number of aliphatic hydroxyl groups is 1. The number of aliphatic hydroxyl groups excluding tert-OH is 1. The Morgan fingerprint density at radius 1 is 1.04 bits per heavy atom. The van der Waals surface area contributed by atoms with Crippen LogP contribution in [0.3, 0.4) is 0 Å². The van der Waals surface area contributed by atoms with Crippen LogP contribution in [0.15, 0.2) is 54.6 Å². The van der Waals surface area contributed by atoms with Crippen molar-refractivity contribution in [2.24, 2.45) is 0 Å². The Labute approximate surface area is 146 Å². The van der Waals surface area contributed by atoms with Gasteiger partial charge in [-0.2, -0.15) is 0 Å². The monoisotopic (exact) mass is 339 g/mol. The van der Waals surface area contributed by atoms with Gasteiger partial charge >= 0.3 is 0 Å². The van der Waals surface area contributed by atoms with Crippen LogP contribution in [0.1, 0.15) is 13.3 Å². The standard InChI is InChI=1S/C19H21N3O3/c1-13(23)22-12-15(24)11-18(22)19(25)21-17-10-6-5-9-16(17)20-14-7-3-2-4-8-14/h2-10,15,18,20,24H,11-12H2,1H3,(H,21,25)/t15-,18+/m0/s1. The van der Waals surface area contributed by atoms with E-state index in [1.807, 2.05) is 48.5 Å². The molecule has 1 heterocycles. The zero-order valence-corrected chi connectivity index (χ0v) is 14.0. The largest absolute Gasteiger partial charge is 0.391 e. The van der Waals surface area contributed by atoms with E-state index in [0.29, 0.717) is 5.69 Å². The van der Waals surface area contributed by atoms with Crippen molar-refractivity contribution in [3.05, 3.63) is 54.6 Å². The molecule has 1 saturated heterocycles. The van der Waals surface area contributed by atoms with E-state index in [-0.39, 0.29) is 24.8 Å². The predicted molar refractivity (Wildman–Crippen MR) is 96.6 cm³/mol. The topological polar surface area (TPSA) is 81.7 Å². The molecular weight excluding hydrogens is 318 g/mol. The van der Waals surface area contributed by atoms with Gasteiger partial charge in [0.2, 0.25) is 11.8 Å². The van der Waals surface area contributed by atoms with Gasteiger partial charge in [-0.05, 0) is 24.3 Å². The third-order valence-corrected chi connectivity index (χ3v) is 4.22. The Morgan fingerprint density at radius 3 is 2.36 bits per heavy atom. The fraction of sp³-hybridized carbons (Fsp3) is 0.263. The Bertz CT molecular complexity index is 764. The molecule has 25 heavy (non-hydrogen) atoms. The molecule has 130 valence electrons. The molecule has 1 aliphatic rings. The van der Waals surface area contributed by atoms with Crippen molar-refractivity contribution in [3.8, 4) is 0 Å². The molecule has 1 aliphatic heterocycles. The number of nitrogens with zero attached hydrogens (tertiary/aromatic N) is 1. The van der Waals surface area contributed by atoms with E-state index in [4.69, 9.17) is 0 Å². The molecule has 3 N–H and O–H groups in total. The first kappa shape index (κ1) is 17.0. The van der Waals surface area contributed by atoms with Gasteiger partial charge in [0.15, 0.2) is 0 Å². The molecule has 0 aromatic heterocycles. The molecule has 0 saturated carbocycles. The first-order valence-electron chi connectivity index (χ1n) is 8.22. The average molecular weight is 339 g/mol. The first-order valence-corrected chi connectivity index (χ1v) is 8.22. The van der Waals surface area contributed by atoms with Gasteiger partial charge in [-0.1, -0.05) is 30.3 Å². The maximum Gasteiger partial charge on any atom is 0.247 e. The summed E-state index contributed by atoms with van der Waals surface area (Å²) in [7, 11) is 0. The molecule has 0 bridgehead atoms. The van der Waals surface area contributed by atoms with Crippen LogP contribution in [0, 0.1) is 0 Å². The smallest absolute Gasteiger partial charge is 0.247 e. The molecule has 6 nitrogen and oxygen atoms in total. The van der Waals surface area contributed by atoms with Crippen molar-refractivity contribution in [1.29, 1.82) is 0 Å². The SMILES string of the molecule is CC(=O)N1C[C@@H](O)C[C@@H]1C(=O)Nc1ccccc1Nc1ccccc1. The van der Waals surface area contributed by atoms with Gasteiger partial charge in [-0.15, -0.1) is 0 Å². The molecule has 1 fully saturated rings. The summed E-state index contributed by atoms with van der Waals surface area (Å²) in [5.41, 5.74) is 2.29. The lowest BCUT2D eigenvalue weighted by atomic mass is 10.1. The second-order valence-electron chi connectivity index (χ2n) is 6.10. The zero-order valence-electron chi connectivity index (χ0n) is 14.0. The normalized spacial score (nSPS) is 19.5. The Hall–Kier alpha value is -2.86. The lowest BCUT2D eigenvalue weighted by Crippen LogP contribution is -2.42. The second kappa shape index (κ2) is 7.36. The number of benzene rings is 2. The number of amides is 2. The van der Waals surface area contributed by atoms with Crippen molar-refractivity contribution in [3.63, 3.8) is 0 Å². The summed E-state index contributed by atoms with van der Waals surface area (Å²) in [6.07, 6.45) is -0.419. The Kier molecular flexibility index (Phi) is 5.00. The van der Waals surface area contributed by atoms with Gasteiger partial charge < -0.3 is 20.6 Å². The summed E-state index contributed by atoms with van der Waals surface area (Å²) in [5.74, 6) is -0.513. The molecule has 2 atom stereocenters. The van der Waals surface area contributed by atoms with E-state index in [0.717, 1.165) is 11.4 Å². The van der Waals surface area contributed by atoms with Gasteiger partial charge in [0.25, 0.3) is 0 Å². The molecule has 3 rings (SSSR count). The van der Waals surface area contributed by atoms with Crippen LogP contribution in [0.5, 0.6) is 0 Å². The number of carbonyl (C=O) groups excluding carboxylic acids is 2. The van der Waals surface area contributed by atoms with Crippen LogP contribution in [0.2, 0.25) is 0 Å². The van der Waals surface area contributed by atoms with E-state index in [1.54, 1.807) is 6.07 Å². The number of para-hydroxylation sites is 3. The Balaban J connectivity index is 1.76. The summed E-state index contributed by atoms with van der Waals surface area (Å²) in [5, 5.41) is 15.9. The van der Waals surface area contributed by atoms with E-state index in [1.165, 1.54) is 11.8 Å². The molecule has 2 amide bonds. The maximum atomic E-state index is 12.6. The minimum Gasteiger partial charge on any atom is -0.391 e. The highest BCUT2D eigenvalue weighted by molar-refractivity contribution is 6.00. The van der Waals surface area contributed by atoms with Crippen molar-refractivity contribution in [2.45, 2.75) is 25.5 Å². The molecular formula is C19H21N3O3. The average Bonchev–Trinajstić information content (AvgIpc) is 3.00. The second-order valence-corrected chi connectivity index (χ2v) is 6.10. The maximum absolute atomic E-state index is 12.6. The zero-order chi connectivity index (χ0) is 17.8. The number of likely N-dealkylation sites (tertiary alicyclic amines) is 1. The van der Waals surface area contributed by atoms with E-state index < -0.39 is 12.1 Å². The number of hydrogen-bond acceptors (Lipinski definition) is 4. The fourth-order valence-corrected chi connectivity index (χ4v) is 3.00. The minimum atomic E-state index is -0.669. The molecule has 6 heteroatoms. The third-order valence-electron chi connectivity index (χ3n) is 4.22. The number of hydrogen-bond donors (Lipinski definition) is 3. The van der Waals surface area contributed by atoms with Crippen molar-refractivity contribution >= 4 is 28.9 Å². The van der Waals surface area contributed by atoms with Crippen LogP contribution in [-0.2, 0) is 9.59 Å². The molecule has 0 unspecified atom stereocenters. The van der Waals surface area contributed by atoms with E-state index >= 15 is 0 Å². The van der Waals surface area contributed by atoms with E-state index in [9.17, 15) is 14.7 Å².